The van der Waals surface area contributed by atoms with E-state index in [1.165, 1.54) is 38.5 Å². The molecular formula is C13H23NO2. The molecule has 2 N–H and O–H groups in total. The fraction of sp³-hybridized carbons (Fsp3) is 0.923. The van der Waals surface area contributed by atoms with Crippen LogP contribution in [0.5, 0.6) is 0 Å². The minimum atomic E-state index is -0.606. The lowest BCUT2D eigenvalue weighted by atomic mass is 10.1. The van der Waals surface area contributed by atoms with Gasteiger partial charge in [-0.05, 0) is 32.1 Å². The van der Waals surface area contributed by atoms with Crippen molar-refractivity contribution in [2.45, 2.75) is 69.9 Å². The summed E-state index contributed by atoms with van der Waals surface area (Å²) < 4.78 is 0. The van der Waals surface area contributed by atoms with E-state index in [1.807, 2.05) is 0 Å². The van der Waals surface area contributed by atoms with Crippen LogP contribution in [-0.4, -0.2) is 23.2 Å². The number of aliphatic carboxylic acids is 1. The van der Waals surface area contributed by atoms with Crippen LogP contribution < -0.4 is 5.32 Å². The van der Waals surface area contributed by atoms with Crippen molar-refractivity contribution in [3.63, 3.8) is 0 Å². The Morgan fingerprint density at radius 2 is 1.62 bits per heavy atom. The van der Waals surface area contributed by atoms with Gasteiger partial charge in [0.1, 0.15) is 0 Å². The predicted octanol–water partition coefficient (Wildman–Crippen LogP) is 2.55. The summed E-state index contributed by atoms with van der Waals surface area (Å²) in [5.74, 6) is -0.701. The van der Waals surface area contributed by atoms with E-state index in [9.17, 15) is 4.79 Å². The van der Waals surface area contributed by atoms with Crippen molar-refractivity contribution in [2.24, 2.45) is 5.92 Å². The second-order valence-electron chi connectivity index (χ2n) is 5.40. The quantitative estimate of drug-likeness (QED) is 0.726. The van der Waals surface area contributed by atoms with Gasteiger partial charge in [0.15, 0.2) is 0 Å². The van der Waals surface area contributed by atoms with Gasteiger partial charge in [0.2, 0.25) is 0 Å². The molecule has 0 aromatic heterocycles. The summed E-state index contributed by atoms with van der Waals surface area (Å²) in [5, 5.41) is 12.6. The van der Waals surface area contributed by atoms with Crippen LogP contribution in [0.4, 0.5) is 0 Å². The zero-order valence-corrected chi connectivity index (χ0v) is 9.95. The summed E-state index contributed by atoms with van der Waals surface area (Å²) in [6.07, 6.45) is 10.8. The van der Waals surface area contributed by atoms with Gasteiger partial charge >= 0.3 is 5.97 Å². The standard InChI is InChI=1S/C13H23NO2/c15-13(16)10-7-8-12(9-10)14-11-5-3-1-2-4-6-11/h10-12,14H,1-9H2,(H,15,16). The molecule has 92 valence electrons. The van der Waals surface area contributed by atoms with Crippen LogP contribution in [0.3, 0.4) is 0 Å². The van der Waals surface area contributed by atoms with E-state index in [-0.39, 0.29) is 5.92 Å². The average molecular weight is 225 g/mol. The third-order valence-corrected chi connectivity index (χ3v) is 4.11. The van der Waals surface area contributed by atoms with Crippen LogP contribution in [0.15, 0.2) is 0 Å². The first kappa shape index (κ1) is 11.9. The Kier molecular flexibility index (Phi) is 4.22. The lowest BCUT2D eigenvalue weighted by molar-refractivity contribution is -0.141. The Morgan fingerprint density at radius 3 is 2.19 bits per heavy atom. The molecule has 2 rings (SSSR count). The Balaban J connectivity index is 1.75. The van der Waals surface area contributed by atoms with Crippen LogP contribution >= 0.6 is 0 Å². The molecule has 0 spiro atoms. The van der Waals surface area contributed by atoms with Gasteiger partial charge in [-0.3, -0.25) is 4.79 Å². The minimum absolute atomic E-state index is 0.0942. The highest BCUT2D eigenvalue weighted by molar-refractivity contribution is 5.70. The summed E-state index contributed by atoms with van der Waals surface area (Å²) in [5.41, 5.74) is 0. The first-order valence-electron chi connectivity index (χ1n) is 6.74. The Bertz CT molecular complexity index is 234. The lowest BCUT2D eigenvalue weighted by Crippen LogP contribution is -2.36. The smallest absolute Gasteiger partial charge is 0.306 e. The molecular weight excluding hydrogens is 202 g/mol. The number of hydrogen-bond acceptors (Lipinski definition) is 2. The first-order chi connectivity index (χ1) is 7.75. The molecule has 0 aromatic carbocycles. The van der Waals surface area contributed by atoms with Crippen LogP contribution in [-0.2, 0) is 4.79 Å². The molecule has 2 aliphatic carbocycles. The fourth-order valence-electron chi connectivity index (χ4n) is 3.14. The van der Waals surface area contributed by atoms with Crippen molar-refractivity contribution < 1.29 is 9.90 Å². The summed E-state index contributed by atoms with van der Waals surface area (Å²) in [6.45, 7) is 0. The van der Waals surface area contributed by atoms with Crippen LogP contribution in [0, 0.1) is 5.92 Å². The van der Waals surface area contributed by atoms with Gasteiger partial charge in [-0.2, -0.15) is 0 Å². The zero-order valence-electron chi connectivity index (χ0n) is 9.95. The van der Waals surface area contributed by atoms with Gasteiger partial charge in [-0.15, -0.1) is 0 Å². The third kappa shape index (κ3) is 3.21. The average Bonchev–Trinajstić information content (AvgIpc) is 2.56. The second-order valence-corrected chi connectivity index (χ2v) is 5.40. The van der Waals surface area contributed by atoms with E-state index in [0.717, 1.165) is 19.3 Å². The van der Waals surface area contributed by atoms with E-state index in [1.54, 1.807) is 0 Å². The van der Waals surface area contributed by atoms with Crippen molar-refractivity contribution in [3.8, 4) is 0 Å². The molecule has 2 atom stereocenters. The zero-order chi connectivity index (χ0) is 11.4. The van der Waals surface area contributed by atoms with Crippen LogP contribution in [0.2, 0.25) is 0 Å². The molecule has 0 radical (unpaired) electrons. The maximum Gasteiger partial charge on any atom is 0.306 e. The number of carboxylic acid groups (broad SMARTS) is 1. The molecule has 2 fully saturated rings. The fourth-order valence-corrected chi connectivity index (χ4v) is 3.14. The monoisotopic (exact) mass is 225 g/mol. The lowest BCUT2D eigenvalue weighted by Gasteiger charge is -2.21. The van der Waals surface area contributed by atoms with Gasteiger partial charge in [0.05, 0.1) is 5.92 Å². The van der Waals surface area contributed by atoms with Crippen molar-refractivity contribution in [3.05, 3.63) is 0 Å². The third-order valence-electron chi connectivity index (χ3n) is 4.11. The van der Waals surface area contributed by atoms with E-state index < -0.39 is 5.97 Å². The van der Waals surface area contributed by atoms with Gasteiger partial charge in [-0.1, -0.05) is 25.7 Å². The highest BCUT2D eigenvalue weighted by atomic mass is 16.4. The Hall–Kier alpha value is -0.570. The van der Waals surface area contributed by atoms with E-state index in [0.29, 0.717) is 12.1 Å². The van der Waals surface area contributed by atoms with Gasteiger partial charge in [0, 0.05) is 12.1 Å². The van der Waals surface area contributed by atoms with Crippen LogP contribution in [0.1, 0.15) is 57.8 Å². The SMILES string of the molecule is O=C(O)C1CCC(NC2CCCCCC2)C1. The molecule has 3 nitrogen and oxygen atoms in total. The maximum absolute atomic E-state index is 10.9. The van der Waals surface area contributed by atoms with E-state index in [2.05, 4.69) is 5.32 Å². The van der Waals surface area contributed by atoms with Crippen molar-refractivity contribution in [2.75, 3.05) is 0 Å². The molecule has 2 saturated carbocycles. The molecule has 0 saturated heterocycles. The van der Waals surface area contributed by atoms with Gasteiger partial charge in [0.25, 0.3) is 0 Å². The Labute approximate surface area is 97.6 Å². The highest BCUT2D eigenvalue weighted by Gasteiger charge is 2.30. The molecule has 16 heavy (non-hydrogen) atoms. The molecule has 3 heteroatoms. The molecule has 2 aliphatic rings. The second kappa shape index (κ2) is 5.67. The molecule has 0 aliphatic heterocycles. The van der Waals surface area contributed by atoms with Crippen molar-refractivity contribution in [1.82, 2.24) is 5.32 Å². The van der Waals surface area contributed by atoms with E-state index in [4.69, 9.17) is 5.11 Å². The topological polar surface area (TPSA) is 49.3 Å². The van der Waals surface area contributed by atoms with Crippen molar-refractivity contribution in [1.29, 1.82) is 0 Å². The Morgan fingerprint density at radius 1 is 0.938 bits per heavy atom. The number of hydrogen-bond donors (Lipinski definition) is 2. The largest absolute Gasteiger partial charge is 0.481 e. The normalized spacial score (nSPS) is 32.5. The van der Waals surface area contributed by atoms with E-state index >= 15 is 0 Å². The summed E-state index contributed by atoms with van der Waals surface area (Å²) in [4.78, 5) is 10.9. The maximum atomic E-state index is 10.9. The number of rotatable bonds is 3. The molecule has 2 unspecified atom stereocenters. The number of carbonyl (C=O) groups is 1. The molecule has 0 aromatic rings. The first-order valence-corrected chi connectivity index (χ1v) is 6.74. The minimum Gasteiger partial charge on any atom is -0.481 e. The number of nitrogens with one attached hydrogen (secondary N) is 1. The highest BCUT2D eigenvalue weighted by Crippen LogP contribution is 2.27. The summed E-state index contributed by atoms with van der Waals surface area (Å²) in [7, 11) is 0. The van der Waals surface area contributed by atoms with Crippen LogP contribution in [0.25, 0.3) is 0 Å². The van der Waals surface area contributed by atoms with Gasteiger partial charge in [-0.25, -0.2) is 0 Å². The predicted molar refractivity (Wildman–Crippen MR) is 63.4 cm³/mol. The summed E-state index contributed by atoms with van der Waals surface area (Å²) >= 11 is 0. The molecule has 0 bridgehead atoms. The van der Waals surface area contributed by atoms with Crippen molar-refractivity contribution >= 4 is 5.97 Å². The molecule has 0 heterocycles. The van der Waals surface area contributed by atoms with Gasteiger partial charge < -0.3 is 10.4 Å². The molecule has 0 amide bonds. The summed E-state index contributed by atoms with van der Waals surface area (Å²) in [6, 6.07) is 1.12. The number of carboxylic acids is 1.